The van der Waals surface area contributed by atoms with E-state index in [1.165, 1.54) is 0 Å². The van der Waals surface area contributed by atoms with Crippen LogP contribution in [0.5, 0.6) is 11.5 Å². The Balaban J connectivity index is 1.36. The van der Waals surface area contributed by atoms with Crippen molar-refractivity contribution in [2.45, 2.75) is 65.3 Å². The smallest absolute Gasteiger partial charge is 0.410 e. The van der Waals surface area contributed by atoms with Crippen LogP contribution in [0.2, 0.25) is 25.7 Å². The van der Waals surface area contributed by atoms with Crippen molar-refractivity contribution in [2.75, 3.05) is 46.0 Å². The average Bonchev–Trinajstić information content (AvgIpc) is 3.51. The highest BCUT2D eigenvalue weighted by Gasteiger charge is 2.34. The minimum Gasteiger partial charge on any atom is -0.491 e. The number of aliphatic hydroxyl groups excluding tert-OH is 1. The van der Waals surface area contributed by atoms with Crippen LogP contribution in [0.1, 0.15) is 42.4 Å². The average molecular weight is 651 g/mol. The Morgan fingerprint density at radius 3 is 2.50 bits per heavy atom. The molecule has 248 valence electrons. The molecule has 0 saturated carbocycles. The fourth-order valence-corrected chi connectivity index (χ4v) is 6.14. The fourth-order valence-electron chi connectivity index (χ4n) is 5.38. The van der Waals surface area contributed by atoms with Crippen LogP contribution in [0.25, 0.3) is 17.0 Å². The van der Waals surface area contributed by atoms with Crippen LogP contribution in [0.15, 0.2) is 42.2 Å². The van der Waals surface area contributed by atoms with Crippen molar-refractivity contribution in [2.24, 2.45) is 0 Å². The number of carbonyl (C=O) groups excluding carboxylic acids is 2. The molecule has 2 aromatic carbocycles. The lowest BCUT2D eigenvalue weighted by atomic mass is 10.0. The summed E-state index contributed by atoms with van der Waals surface area (Å²) >= 11 is 0. The van der Waals surface area contributed by atoms with Gasteiger partial charge in [0.15, 0.2) is 5.76 Å². The maximum Gasteiger partial charge on any atom is 0.410 e. The summed E-state index contributed by atoms with van der Waals surface area (Å²) in [6, 6.07) is 12.4. The van der Waals surface area contributed by atoms with E-state index in [1.54, 1.807) is 23.1 Å². The van der Waals surface area contributed by atoms with Gasteiger partial charge in [0.25, 0.3) is 0 Å². The van der Waals surface area contributed by atoms with Gasteiger partial charge in [0.1, 0.15) is 30.4 Å². The summed E-state index contributed by atoms with van der Waals surface area (Å²) in [6.07, 6.45) is 1.37. The van der Waals surface area contributed by atoms with Gasteiger partial charge in [-0.1, -0.05) is 37.8 Å². The van der Waals surface area contributed by atoms with Crippen molar-refractivity contribution in [3.05, 3.63) is 59.0 Å². The first-order valence-electron chi connectivity index (χ1n) is 15.9. The molecular weight excluding hydrogens is 604 g/mol. The molecule has 1 N–H and O–H groups in total. The number of aromatic nitrogens is 2. The number of carbonyl (C=O) groups is 2. The third-order valence-electron chi connectivity index (χ3n) is 7.82. The number of piperazine rings is 1. The molecule has 3 aromatic rings. The number of nitrogens with zero attached hydrogens (tertiary/aromatic N) is 4. The Morgan fingerprint density at radius 1 is 1.07 bits per heavy atom. The molecular formula is C34H46N4O7Si. The first-order chi connectivity index (χ1) is 21.8. The van der Waals surface area contributed by atoms with E-state index < -0.39 is 13.7 Å². The monoisotopic (exact) mass is 650 g/mol. The molecule has 0 atom stereocenters. The number of para-hydroxylation sites is 1. The van der Waals surface area contributed by atoms with E-state index in [0.717, 1.165) is 22.5 Å². The third kappa shape index (κ3) is 8.16. The molecule has 5 rings (SSSR count). The van der Waals surface area contributed by atoms with E-state index in [2.05, 4.69) is 24.5 Å². The highest BCUT2D eigenvalue weighted by Crippen LogP contribution is 2.41. The number of ether oxygens (including phenoxy) is 4. The number of aliphatic hydroxyl groups is 1. The standard InChI is InChI=1S/C34H46N4O7Si/c1-34(2,3)45-33(41)37-15-13-36(14-16-37)22-26-29(43-18-17-39)12-11-25-31(40)30(44-32(25)26)21-27-24-9-7-8-10-28(24)38(35-27)23-42-19-20-46(4,5)6/h7-12,21,39H,13-20,22-23H2,1-6H3. The quantitative estimate of drug-likeness (QED) is 0.166. The number of benzene rings is 2. The molecule has 1 amide bonds. The lowest BCUT2D eigenvalue weighted by Gasteiger charge is -2.35. The molecule has 0 bridgehead atoms. The van der Waals surface area contributed by atoms with E-state index >= 15 is 0 Å². The van der Waals surface area contributed by atoms with Crippen LogP contribution in [-0.4, -0.2) is 96.2 Å². The number of allylic oxidation sites excluding steroid dienone is 1. The van der Waals surface area contributed by atoms with Gasteiger partial charge in [-0.05, 0) is 45.0 Å². The van der Waals surface area contributed by atoms with Crippen molar-refractivity contribution >= 4 is 36.9 Å². The van der Waals surface area contributed by atoms with Gasteiger partial charge in [-0.2, -0.15) is 5.10 Å². The molecule has 0 unspecified atom stereocenters. The second-order valence-electron chi connectivity index (χ2n) is 13.9. The maximum atomic E-state index is 13.6. The van der Waals surface area contributed by atoms with Crippen LogP contribution >= 0.6 is 0 Å². The second-order valence-corrected chi connectivity index (χ2v) is 19.5. The van der Waals surface area contributed by atoms with Gasteiger partial charge >= 0.3 is 6.09 Å². The molecule has 3 heterocycles. The van der Waals surface area contributed by atoms with Gasteiger partial charge in [0.05, 0.1) is 28.9 Å². The molecule has 1 saturated heterocycles. The zero-order chi connectivity index (χ0) is 33.1. The second kappa shape index (κ2) is 14.0. The zero-order valence-corrected chi connectivity index (χ0v) is 28.8. The number of fused-ring (bicyclic) bond motifs is 2. The van der Waals surface area contributed by atoms with Crippen LogP contribution in [0.3, 0.4) is 0 Å². The van der Waals surface area contributed by atoms with Crippen LogP contribution in [0.4, 0.5) is 4.79 Å². The summed E-state index contributed by atoms with van der Waals surface area (Å²) in [5, 5.41) is 15.1. The van der Waals surface area contributed by atoms with Crippen LogP contribution in [0, 0.1) is 0 Å². The molecule has 0 aliphatic carbocycles. The topological polar surface area (TPSA) is 116 Å². The predicted molar refractivity (Wildman–Crippen MR) is 179 cm³/mol. The minimum atomic E-state index is -1.22. The first kappa shape index (κ1) is 33.6. The molecule has 2 aliphatic heterocycles. The zero-order valence-electron chi connectivity index (χ0n) is 27.8. The van der Waals surface area contributed by atoms with Crippen molar-refractivity contribution in [1.29, 1.82) is 0 Å². The van der Waals surface area contributed by atoms with Crippen molar-refractivity contribution in [3.63, 3.8) is 0 Å². The van der Waals surface area contributed by atoms with Crippen molar-refractivity contribution in [1.82, 2.24) is 19.6 Å². The molecule has 12 heteroatoms. The Hall–Kier alpha value is -3.71. The number of hydrogen-bond acceptors (Lipinski definition) is 9. The minimum absolute atomic E-state index is 0.109. The summed E-state index contributed by atoms with van der Waals surface area (Å²) in [4.78, 5) is 30.1. The van der Waals surface area contributed by atoms with Gasteiger partial charge in [-0.25, -0.2) is 9.48 Å². The first-order valence-corrected chi connectivity index (χ1v) is 19.6. The SMILES string of the molecule is CC(C)(C)OC(=O)N1CCN(Cc2c(OCCO)ccc3c2OC(=Cc2nn(COCC[Si](C)(C)C)c4ccccc24)C3=O)CC1. The Bertz CT molecular complexity index is 1600. The Kier molecular flexibility index (Phi) is 10.2. The van der Waals surface area contributed by atoms with Crippen molar-refractivity contribution in [3.8, 4) is 11.5 Å². The van der Waals surface area contributed by atoms with E-state index in [4.69, 9.17) is 24.0 Å². The number of amides is 1. The largest absolute Gasteiger partial charge is 0.491 e. The van der Waals surface area contributed by atoms with E-state index in [-0.39, 0.29) is 30.8 Å². The number of Topliss-reactive ketones (excluding diaryl/α,β-unsaturated/α-hetero) is 1. The Morgan fingerprint density at radius 2 is 1.80 bits per heavy atom. The molecule has 46 heavy (non-hydrogen) atoms. The van der Waals surface area contributed by atoms with Gasteiger partial charge < -0.3 is 29.0 Å². The van der Waals surface area contributed by atoms with Crippen molar-refractivity contribution < 1.29 is 33.6 Å². The highest BCUT2D eigenvalue weighted by molar-refractivity contribution is 6.76. The summed E-state index contributed by atoms with van der Waals surface area (Å²) in [6.45, 7) is 16.2. The van der Waals surface area contributed by atoms with Crippen LogP contribution in [-0.2, 0) is 22.7 Å². The molecule has 1 aromatic heterocycles. The summed E-state index contributed by atoms with van der Waals surface area (Å²) < 4.78 is 25.5. The molecule has 2 aliphatic rings. The summed E-state index contributed by atoms with van der Waals surface area (Å²) in [5.41, 5.74) is 2.15. The lowest BCUT2D eigenvalue weighted by molar-refractivity contribution is 0.0137. The normalized spacial score (nSPS) is 16.6. The summed E-state index contributed by atoms with van der Waals surface area (Å²) in [5.74, 6) is 0.936. The van der Waals surface area contributed by atoms with Gasteiger partial charge in [-0.15, -0.1) is 0 Å². The number of hydrogen-bond donors (Lipinski definition) is 1. The van der Waals surface area contributed by atoms with Gasteiger partial charge in [0.2, 0.25) is 5.78 Å². The Labute approximate surface area is 271 Å². The molecule has 1 fully saturated rings. The number of rotatable bonds is 11. The predicted octanol–water partition coefficient (Wildman–Crippen LogP) is 5.39. The molecule has 11 nitrogen and oxygen atoms in total. The van der Waals surface area contributed by atoms with Crippen LogP contribution < -0.4 is 9.47 Å². The van der Waals surface area contributed by atoms with E-state index in [9.17, 15) is 14.7 Å². The molecule has 0 radical (unpaired) electrons. The van der Waals surface area contributed by atoms with E-state index in [1.807, 2.05) is 49.7 Å². The fraction of sp³-hybridized carbons (Fsp3) is 0.500. The third-order valence-corrected chi connectivity index (χ3v) is 9.52. The lowest BCUT2D eigenvalue weighted by Crippen LogP contribution is -2.49. The molecule has 0 spiro atoms. The van der Waals surface area contributed by atoms with Gasteiger partial charge in [0, 0.05) is 58.9 Å². The number of ketones is 1. The summed E-state index contributed by atoms with van der Waals surface area (Å²) in [7, 11) is -1.22. The van der Waals surface area contributed by atoms with E-state index in [0.29, 0.717) is 68.8 Å². The van der Waals surface area contributed by atoms with Gasteiger partial charge in [-0.3, -0.25) is 9.69 Å². The highest BCUT2D eigenvalue weighted by atomic mass is 28.3. The maximum absolute atomic E-state index is 13.6.